The fourth-order valence-electron chi connectivity index (χ4n) is 1.78. The van der Waals surface area contributed by atoms with E-state index in [4.69, 9.17) is 0 Å². The molecule has 0 amide bonds. The molecule has 0 heterocycles. The van der Waals surface area contributed by atoms with E-state index in [1.807, 2.05) is 0 Å². The van der Waals surface area contributed by atoms with Crippen LogP contribution in [0.5, 0.6) is 0 Å². The molecule has 6 nitrogen and oxygen atoms in total. The molecule has 104 valence electrons. The van der Waals surface area contributed by atoms with E-state index in [1.165, 1.54) is 39.0 Å². The van der Waals surface area contributed by atoms with Gasteiger partial charge >= 0.3 is 0 Å². The molecule has 7 heteroatoms. The van der Waals surface area contributed by atoms with Crippen molar-refractivity contribution in [1.82, 2.24) is 0 Å². The summed E-state index contributed by atoms with van der Waals surface area (Å²) in [4.78, 5) is 21.0. The standard InChI is InChI=1S/C12H15NO5S/c1-9(14)8-12(2,3)19(17,18)11-6-4-5-10(7-11)13(15)16/h4-7H,8H2,1-3H3. The summed E-state index contributed by atoms with van der Waals surface area (Å²) in [6.07, 6.45) is -0.141. The summed E-state index contributed by atoms with van der Waals surface area (Å²) in [5, 5.41) is 10.7. The molecular weight excluding hydrogens is 270 g/mol. The van der Waals surface area contributed by atoms with Gasteiger partial charge in [0.1, 0.15) is 5.78 Å². The first-order chi connectivity index (χ1) is 8.58. The van der Waals surface area contributed by atoms with E-state index in [0.29, 0.717) is 0 Å². The summed E-state index contributed by atoms with van der Waals surface area (Å²) in [6, 6.07) is 4.84. The maximum atomic E-state index is 12.4. The van der Waals surface area contributed by atoms with Crippen LogP contribution in [-0.2, 0) is 14.6 Å². The van der Waals surface area contributed by atoms with E-state index in [2.05, 4.69) is 0 Å². The van der Waals surface area contributed by atoms with Crippen molar-refractivity contribution in [2.75, 3.05) is 0 Å². The van der Waals surface area contributed by atoms with Crippen molar-refractivity contribution in [3.8, 4) is 0 Å². The van der Waals surface area contributed by atoms with Crippen molar-refractivity contribution < 1.29 is 18.1 Å². The number of sulfone groups is 1. The number of carbonyl (C=O) groups excluding carboxylic acids is 1. The molecule has 0 fully saturated rings. The molecule has 19 heavy (non-hydrogen) atoms. The summed E-state index contributed by atoms with van der Waals surface area (Å²) < 4.78 is 23.5. The SMILES string of the molecule is CC(=O)CC(C)(C)S(=O)(=O)c1cccc([N+](=O)[O-])c1. The van der Waals surface area contributed by atoms with Crippen LogP contribution in [0, 0.1) is 10.1 Å². The summed E-state index contributed by atoms with van der Waals surface area (Å²) in [5.74, 6) is -0.251. The van der Waals surface area contributed by atoms with Crippen LogP contribution in [0.2, 0.25) is 0 Å². The molecule has 0 atom stereocenters. The Kier molecular flexibility index (Phi) is 4.09. The zero-order chi connectivity index (χ0) is 14.8. The minimum absolute atomic E-state index is 0.141. The summed E-state index contributed by atoms with van der Waals surface area (Å²) in [7, 11) is -3.81. The molecule has 0 unspecified atom stereocenters. The molecule has 0 saturated carbocycles. The van der Waals surface area contributed by atoms with Crippen molar-refractivity contribution in [3.05, 3.63) is 34.4 Å². The van der Waals surface area contributed by atoms with Crippen LogP contribution in [0.25, 0.3) is 0 Å². The lowest BCUT2D eigenvalue weighted by molar-refractivity contribution is -0.385. The molecule has 0 radical (unpaired) electrons. The molecule has 0 bridgehead atoms. The molecule has 0 aliphatic rings. The van der Waals surface area contributed by atoms with Crippen molar-refractivity contribution in [2.45, 2.75) is 36.8 Å². The van der Waals surface area contributed by atoms with Crippen LogP contribution in [0.3, 0.4) is 0 Å². The molecule has 0 aromatic heterocycles. The fraction of sp³-hybridized carbons (Fsp3) is 0.417. The van der Waals surface area contributed by atoms with Crippen LogP contribution in [0.15, 0.2) is 29.2 Å². The molecule has 0 spiro atoms. The molecule has 1 rings (SSSR count). The zero-order valence-corrected chi connectivity index (χ0v) is 11.7. The lowest BCUT2D eigenvalue weighted by Gasteiger charge is -2.23. The average molecular weight is 285 g/mol. The molecule has 0 saturated heterocycles. The fourth-order valence-corrected chi connectivity index (χ4v) is 3.34. The highest BCUT2D eigenvalue weighted by atomic mass is 32.2. The number of hydrogen-bond donors (Lipinski definition) is 0. The van der Waals surface area contributed by atoms with Gasteiger partial charge in [-0.05, 0) is 26.8 Å². The molecule has 1 aromatic rings. The van der Waals surface area contributed by atoms with Gasteiger partial charge in [-0.25, -0.2) is 8.42 Å². The summed E-state index contributed by atoms with van der Waals surface area (Å²) >= 11 is 0. The van der Waals surface area contributed by atoms with E-state index in [9.17, 15) is 23.3 Å². The predicted molar refractivity (Wildman–Crippen MR) is 69.7 cm³/mol. The van der Waals surface area contributed by atoms with Gasteiger partial charge in [0.05, 0.1) is 14.6 Å². The Labute approximate surface area is 111 Å². The Morgan fingerprint density at radius 2 is 1.95 bits per heavy atom. The number of rotatable bonds is 5. The first-order valence-corrected chi connectivity index (χ1v) is 7.05. The number of ketones is 1. The van der Waals surface area contributed by atoms with Crippen molar-refractivity contribution in [3.63, 3.8) is 0 Å². The van der Waals surface area contributed by atoms with Crippen LogP contribution in [0.1, 0.15) is 27.2 Å². The van der Waals surface area contributed by atoms with Gasteiger partial charge in [0.2, 0.25) is 0 Å². The number of benzene rings is 1. The summed E-state index contributed by atoms with van der Waals surface area (Å²) in [5.41, 5.74) is -0.292. The largest absolute Gasteiger partial charge is 0.300 e. The van der Waals surface area contributed by atoms with Gasteiger partial charge in [0, 0.05) is 18.6 Å². The monoisotopic (exact) mass is 285 g/mol. The first-order valence-electron chi connectivity index (χ1n) is 5.56. The lowest BCUT2D eigenvalue weighted by Crippen LogP contribution is -2.34. The van der Waals surface area contributed by atoms with Crippen LogP contribution in [0.4, 0.5) is 5.69 Å². The van der Waals surface area contributed by atoms with E-state index < -0.39 is 19.5 Å². The number of carbonyl (C=O) groups is 1. The minimum atomic E-state index is -3.81. The topological polar surface area (TPSA) is 94.3 Å². The van der Waals surface area contributed by atoms with E-state index >= 15 is 0 Å². The lowest BCUT2D eigenvalue weighted by atomic mass is 10.1. The molecule has 0 aliphatic heterocycles. The molecular formula is C12H15NO5S. The van der Waals surface area contributed by atoms with Gasteiger partial charge in [-0.3, -0.25) is 14.9 Å². The second kappa shape index (κ2) is 5.08. The van der Waals surface area contributed by atoms with Gasteiger partial charge in [0.25, 0.3) is 5.69 Å². The zero-order valence-electron chi connectivity index (χ0n) is 10.9. The van der Waals surface area contributed by atoms with Gasteiger partial charge in [-0.1, -0.05) is 6.07 Å². The average Bonchev–Trinajstić information content (AvgIpc) is 2.27. The number of nitro groups is 1. The third-order valence-corrected chi connectivity index (χ3v) is 5.21. The highest BCUT2D eigenvalue weighted by Gasteiger charge is 2.37. The third-order valence-electron chi connectivity index (χ3n) is 2.74. The maximum absolute atomic E-state index is 12.4. The maximum Gasteiger partial charge on any atom is 0.270 e. The van der Waals surface area contributed by atoms with Crippen LogP contribution >= 0.6 is 0 Å². The quantitative estimate of drug-likeness (QED) is 0.610. The number of hydrogen-bond acceptors (Lipinski definition) is 5. The number of non-ortho nitro benzene ring substituents is 1. The smallest absolute Gasteiger partial charge is 0.270 e. The van der Waals surface area contributed by atoms with Gasteiger partial charge in [0.15, 0.2) is 9.84 Å². The third kappa shape index (κ3) is 3.17. The highest BCUT2D eigenvalue weighted by Crippen LogP contribution is 2.30. The van der Waals surface area contributed by atoms with Gasteiger partial charge in [-0.2, -0.15) is 0 Å². The van der Waals surface area contributed by atoms with Crippen molar-refractivity contribution >= 4 is 21.3 Å². The van der Waals surface area contributed by atoms with E-state index in [0.717, 1.165) is 6.07 Å². The van der Waals surface area contributed by atoms with Gasteiger partial charge in [-0.15, -0.1) is 0 Å². The predicted octanol–water partition coefficient (Wildman–Crippen LogP) is 2.13. The number of Topliss-reactive ketones (excluding diaryl/α,β-unsaturated/α-hetero) is 1. The van der Waals surface area contributed by atoms with E-state index in [1.54, 1.807) is 0 Å². The van der Waals surface area contributed by atoms with Crippen molar-refractivity contribution in [2.24, 2.45) is 0 Å². The molecule has 0 N–H and O–H groups in total. The Hall–Kier alpha value is -1.76. The summed E-state index contributed by atoms with van der Waals surface area (Å²) in [6.45, 7) is 4.18. The second-order valence-electron chi connectivity index (χ2n) is 4.90. The normalized spacial score (nSPS) is 12.2. The second-order valence-corrected chi connectivity index (χ2v) is 7.48. The Morgan fingerprint density at radius 3 is 2.42 bits per heavy atom. The Morgan fingerprint density at radius 1 is 1.37 bits per heavy atom. The molecule has 0 aliphatic carbocycles. The van der Waals surface area contributed by atoms with Crippen molar-refractivity contribution in [1.29, 1.82) is 0 Å². The van der Waals surface area contributed by atoms with E-state index in [-0.39, 0.29) is 22.8 Å². The van der Waals surface area contributed by atoms with Crippen LogP contribution in [-0.4, -0.2) is 23.9 Å². The van der Waals surface area contributed by atoms with Gasteiger partial charge < -0.3 is 0 Å². The minimum Gasteiger partial charge on any atom is -0.300 e. The number of nitro benzene ring substituents is 1. The Bertz CT molecular complexity index is 619. The Balaban J connectivity index is 3.31. The highest BCUT2D eigenvalue weighted by molar-refractivity contribution is 7.92. The number of nitrogens with zero attached hydrogens (tertiary/aromatic N) is 1. The first kappa shape index (κ1) is 15.3. The van der Waals surface area contributed by atoms with Crippen LogP contribution < -0.4 is 0 Å². The molecule has 1 aromatic carbocycles.